The van der Waals surface area contributed by atoms with Crippen molar-refractivity contribution in [2.45, 2.75) is 13.1 Å². The number of hydrogen-bond acceptors (Lipinski definition) is 4. The van der Waals surface area contributed by atoms with Crippen LogP contribution in [0.1, 0.15) is 21.9 Å². The number of carboxylic acids is 1. The first-order valence-corrected chi connectivity index (χ1v) is 6.79. The summed E-state index contributed by atoms with van der Waals surface area (Å²) in [4.78, 5) is 20.6. The third-order valence-electron chi connectivity index (χ3n) is 3.27. The van der Waals surface area contributed by atoms with Gasteiger partial charge in [-0.2, -0.15) is 13.2 Å². The lowest BCUT2D eigenvalue weighted by Gasteiger charge is -2.10. The second-order valence-corrected chi connectivity index (χ2v) is 5.12. The van der Waals surface area contributed by atoms with Crippen molar-refractivity contribution in [1.82, 2.24) is 15.0 Å². The number of aryl methyl sites for hydroxylation is 1. The van der Waals surface area contributed by atoms with E-state index in [1.54, 1.807) is 13.0 Å². The van der Waals surface area contributed by atoms with Gasteiger partial charge in [0.2, 0.25) is 5.82 Å². The van der Waals surface area contributed by atoms with Crippen molar-refractivity contribution >= 4 is 28.5 Å². The van der Waals surface area contributed by atoms with Gasteiger partial charge < -0.3 is 15.4 Å². The maximum Gasteiger partial charge on any atom is 0.451 e. The van der Waals surface area contributed by atoms with E-state index >= 15 is 0 Å². The van der Waals surface area contributed by atoms with Gasteiger partial charge in [0.1, 0.15) is 11.5 Å². The Morgan fingerprint density at radius 3 is 2.46 bits per heavy atom. The molecule has 124 valence electrons. The van der Waals surface area contributed by atoms with Crippen LogP contribution in [0.15, 0.2) is 30.3 Å². The Bertz CT molecular complexity index is 917. The monoisotopic (exact) mass is 336 g/mol. The summed E-state index contributed by atoms with van der Waals surface area (Å²) in [5, 5.41) is 12.0. The van der Waals surface area contributed by atoms with Crippen LogP contribution in [0.2, 0.25) is 0 Å². The highest BCUT2D eigenvalue weighted by Gasteiger charge is 2.35. The molecule has 0 saturated carbocycles. The molecule has 0 aliphatic heterocycles. The summed E-state index contributed by atoms with van der Waals surface area (Å²) in [7, 11) is 0. The van der Waals surface area contributed by atoms with E-state index in [1.165, 1.54) is 24.3 Å². The number of carbonyl (C=O) groups is 1. The van der Waals surface area contributed by atoms with Crippen molar-refractivity contribution in [3.63, 3.8) is 0 Å². The van der Waals surface area contributed by atoms with Crippen LogP contribution in [0.5, 0.6) is 0 Å². The van der Waals surface area contributed by atoms with Crippen LogP contribution in [0, 0.1) is 6.92 Å². The summed E-state index contributed by atoms with van der Waals surface area (Å²) in [6, 6.07) is 7.21. The number of aromatic nitrogens is 3. The normalized spacial score (nSPS) is 11.7. The lowest BCUT2D eigenvalue weighted by molar-refractivity contribution is -0.144. The summed E-state index contributed by atoms with van der Waals surface area (Å²) >= 11 is 0. The smallest absolute Gasteiger partial charge is 0.451 e. The molecule has 0 unspecified atom stereocenters. The van der Waals surface area contributed by atoms with Crippen LogP contribution in [-0.2, 0) is 6.18 Å². The molecule has 2 heterocycles. The Morgan fingerprint density at radius 1 is 1.21 bits per heavy atom. The van der Waals surface area contributed by atoms with Gasteiger partial charge in [-0.05, 0) is 37.3 Å². The Hall–Kier alpha value is -3.10. The molecule has 24 heavy (non-hydrogen) atoms. The second-order valence-electron chi connectivity index (χ2n) is 5.12. The maximum atomic E-state index is 13.0. The third kappa shape index (κ3) is 3.00. The summed E-state index contributed by atoms with van der Waals surface area (Å²) in [5.41, 5.74) is 1.19. The minimum Gasteiger partial charge on any atom is -0.478 e. The van der Waals surface area contributed by atoms with E-state index in [0.29, 0.717) is 16.8 Å². The predicted octanol–water partition coefficient (Wildman–Crippen LogP) is 3.73. The van der Waals surface area contributed by atoms with Gasteiger partial charge in [-0.25, -0.2) is 14.8 Å². The molecule has 3 aromatic rings. The van der Waals surface area contributed by atoms with E-state index in [0.717, 1.165) is 0 Å². The summed E-state index contributed by atoms with van der Waals surface area (Å²) in [5.74, 6) is -2.37. The lowest BCUT2D eigenvalue weighted by Crippen LogP contribution is -2.12. The van der Waals surface area contributed by atoms with Gasteiger partial charge in [-0.3, -0.25) is 0 Å². The third-order valence-corrected chi connectivity index (χ3v) is 3.27. The van der Waals surface area contributed by atoms with Gasteiger partial charge in [-0.15, -0.1) is 0 Å². The predicted molar refractivity (Wildman–Crippen MR) is 80.3 cm³/mol. The zero-order valence-corrected chi connectivity index (χ0v) is 12.3. The molecule has 9 heteroatoms. The largest absolute Gasteiger partial charge is 0.478 e. The highest BCUT2D eigenvalue weighted by atomic mass is 19.4. The summed E-state index contributed by atoms with van der Waals surface area (Å²) in [6.07, 6.45) is -4.68. The number of benzene rings is 1. The number of rotatable bonds is 3. The highest BCUT2D eigenvalue weighted by Crippen LogP contribution is 2.31. The Labute approximate surface area is 133 Å². The fourth-order valence-corrected chi connectivity index (χ4v) is 2.20. The maximum absolute atomic E-state index is 13.0. The molecule has 0 radical (unpaired) electrons. The first-order chi connectivity index (χ1) is 11.2. The lowest BCUT2D eigenvalue weighted by atomic mass is 10.2. The first-order valence-electron chi connectivity index (χ1n) is 6.79. The number of nitrogens with one attached hydrogen (secondary N) is 2. The Balaban J connectivity index is 2.05. The van der Waals surface area contributed by atoms with Gasteiger partial charge in [0.25, 0.3) is 0 Å². The summed E-state index contributed by atoms with van der Waals surface area (Å²) in [6.45, 7) is 1.69. The first kappa shape index (κ1) is 15.8. The van der Waals surface area contributed by atoms with Crippen molar-refractivity contribution in [2.75, 3.05) is 5.32 Å². The van der Waals surface area contributed by atoms with Crippen LogP contribution in [0.4, 0.5) is 24.7 Å². The number of carboxylic acid groups (broad SMARTS) is 1. The van der Waals surface area contributed by atoms with E-state index in [4.69, 9.17) is 5.11 Å². The van der Waals surface area contributed by atoms with Crippen LogP contribution in [0.3, 0.4) is 0 Å². The quantitative estimate of drug-likeness (QED) is 0.678. The molecule has 0 aliphatic carbocycles. The number of aromatic amines is 1. The molecule has 6 nitrogen and oxygen atoms in total. The molecule has 0 spiro atoms. The zero-order chi connectivity index (χ0) is 17.5. The molecule has 0 aliphatic rings. The van der Waals surface area contributed by atoms with E-state index in [1.807, 2.05) is 0 Å². The Morgan fingerprint density at radius 2 is 1.88 bits per heavy atom. The SMILES string of the molecule is Cc1cc2c(Nc3ccc(C(=O)O)cc3)nc(C(F)(F)F)nc2[nH]1. The summed E-state index contributed by atoms with van der Waals surface area (Å²) < 4.78 is 38.9. The fourth-order valence-electron chi connectivity index (χ4n) is 2.20. The van der Waals surface area contributed by atoms with E-state index in [9.17, 15) is 18.0 Å². The number of H-pyrrole nitrogens is 1. The van der Waals surface area contributed by atoms with Gasteiger partial charge in [0.15, 0.2) is 0 Å². The molecule has 3 N–H and O–H groups in total. The van der Waals surface area contributed by atoms with Crippen LogP contribution >= 0.6 is 0 Å². The van der Waals surface area contributed by atoms with Crippen molar-refractivity contribution in [3.05, 3.63) is 47.4 Å². The molecule has 3 rings (SSSR count). The number of fused-ring (bicyclic) bond motifs is 1. The van der Waals surface area contributed by atoms with E-state index in [2.05, 4.69) is 20.3 Å². The van der Waals surface area contributed by atoms with Crippen molar-refractivity contribution in [1.29, 1.82) is 0 Å². The van der Waals surface area contributed by atoms with E-state index < -0.39 is 18.0 Å². The molecule has 0 fully saturated rings. The molecular formula is C15H11F3N4O2. The number of nitrogens with zero attached hydrogens (tertiary/aromatic N) is 2. The standard InChI is InChI=1S/C15H11F3N4O2/c1-7-6-10-11(19-7)21-14(15(16,17)18)22-12(10)20-9-4-2-8(3-5-9)13(23)24/h2-6H,1H3,(H,23,24)(H2,19,20,21,22). The van der Waals surface area contributed by atoms with Crippen molar-refractivity contribution < 1.29 is 23.1 Å². The van der Waals surface area contributed by atoms with Gasteiger partial charge in [0, 0.05) is 11.4 Å². The number of anilines is 2. The molecule has 2 aromatic heterocycles. The topological polar surface area (TPSA) is 90.9 Å². The number of alkyl halides is 3. The molecule has 0 bridgehead atoms. The van der Waals surface area contributed by atoms with Crippen molar-refractivity contribution in [3.8, 4) is 0 Å². The van der Waals surface area contributed by atoms with E-state index in [-0.39, 0.29) is 17.0 Å². The van der Waals surface area contributed by atoms with Gasteiger partial charge in [-0.1, -0.05) is 0 Å². The minimum absolute atomic E-state index is 0.0141. The van der Waals surface area contributed by atoms with Gasteiger partial charge >= 0.3 is 12.1 Å². The number of halogens is 3. The average molecular weight is 336 g/mol. The zero-order valence-electron chi connectivity index (χ0n) is 12.3. The molecule has 0 atom stereocenters. The molecule has 1 aromatic carbocycles. The molecular weight excluding hydrogens is 325 g/mol. The average Bonchev–Trinajstić information content (AvgIpc) is 2.87. The fraction of sp³-hybridized carbons (Fsp3) is 0.133. The minimum atomic E-state index is -4.68. The number of hydrogen-bond donors (Lipinski definition) is 3. The Kier molecular flexibility index (Phi) is 3.63. The second kappa shape index (κ2) is 5.52. The molecule has 0 saturated heterocycles. The molecule has 0 amide bonds. The van der Waals surface area contributed by atoms with Crippen LogP contribution in [0.25, 0.3) is 11.0 Å². The number of aromatic carboxylic acids is 1. The highest BCUT2D eigenvalue weighted by molar-refractivity contribution is 5.91. The van der Waals surface area contributed by atoms with Crippen molar-refractivity contribution in [2.24, 2.45) is 0 Å². The van der Waals surface area contributed by atoms with Gasteiger partial charge in [0.05, 0.1) is 10.9 Å². The van der Waals surface area contributed by atoms with Crippen LogP contribution in [-0.4, -0.2) is 26.0 Å². The van der Waals surface area contributed by atoms with Crippen LogP contribution < -0.4 is 5.32 Å².